The molecule has 1 amide bonds. The summed E-state index contributed by atoms with van der Waals surface area (Å²) in [6, 6.07) is 3.37. The Kier molecular flexibility index (Phi) is 6.43. The summed E-state index contributed by atoms with van der Waals surface area (Å²) in [7, 11) is 1.60. The summed E-state index contributed by atoms with van der Waals surface area (Å²) in [4.78, 5) is 35.9. The van der Waals surface area contributed by atoms with E-state index in [1.165, 1.54) is 12.4 Å². The molecule has 2 N–H and O–H groups in total. The smallest absolute Gasteiger partial charge is 0.290 e. The SMILES string of the molecule is COc1ccnc(N2C[C@@H]3[C@H](CNC(=O)c4cncc(Cl)c4)[C@H]4CC[C@]3(C2)O4)n1.O=CO. The zero-order valence-electron chi connectivity index (χ0n) is 17.5. The van der Waals surface area contributed by atoms with E-state index in [4.69, 9.17) is 31.0 Å². The van der Waals surface area contributed by atoms with Gasteiger partial charge in [-0.1, -0.05) is 11.6 Å². The normalized spacial score (nSPS) is 27.3. The largest absolute Gasteiger partial charge is 0.483 e. The molecule has 5 heterocycles. The van der Waals surface area contributed by atoms with Crippen molar-refractivity contribution >= 4 is 29.9 Å². The third-order valence-electron chi connectivity index (χ3n) is 6.36. The average Bonchev–Trinajstić information content (AvgIpc) is 3.47. The number of carboxylic acid groups (broad SMARTS) is 1. The number of ether oxygens (including phenoxy) is 2. The molecule has 3 saturated heterocycles. The molecule has 2 bridgehead atoms. The molecule has 0 aromatic carbocycles. The third-order valence-corrected chi connectivity index (χ3v) is 6.57. The summed E-state index contributed by atoms with van der Waals surface area (Å²) in [5.74, 6) is 1.63. The second kappa shape index (κ2) is 9.25. The molecule has 3 aliphatic rings. The number of methoxy groups -OCH3 is 1. The number of hydrogen-bond acceptors (Lipinski definition) is 8. The van der Waals surface area contributed by atoms with Crippen molar-refractivity contribution in [2.75, 3.05) is 31.6 Å². The van der Waals surface area contributed by atoms with Gasteiger partial charge in [0.15, 0.2) is 0 Å². The molecule has 5 rings (SSSR count). The van der Waals surface area contributed by atoms with E-state index in [0.717, 1.165) is 25.9 Å². The van der Waals surface area contributed by atoms with E-state index in [9.17, 15) is 4.79 Å². The van der Waals surface area contributed by atoms with Gasteiger partial charge in [0, 0.05) is 49.6 Å². The van der Waals surface area contributed by atoms with Gasteiger partial charge in [0.25, 0.3) is 12.4 Å². The molecule has 3 fully saturated rings. The molecule has 32 heavy (non-hydrogen) atoms. The second-order valence-electron chi connectivity index (χ2n) is 8.02. The second-order valence-corrected chi connectivity index (χ2v) is 8.45. The minimum atomic E-state index is -0.250. The Bertz CT molecular complexity index is 995. The van der Waals surface area contributed by atoms with Gasteiger partial charge in [-0.05, 0) is 18.9 Å². The number of carbonyl (C=O) groups excluding carboxylic acids is 1. The van der Waals surface area contributed by atoms with Gasteiger partial charge in [-0.15, -0.1) is 0 Å². The Morgan fingerprint density at radius 1 is 1.50 bits per heavy atom. The number of carbonyl (C=O) groups is 2. The summed E-state index contributed by atoms with van der Waals surface area (Å²) in [6.45, 7) is 1.89. The predicted octanol–water partition coefficient (Wildman–Crippen LogP) is 1.65. The van der Waals surface area contributed by atoms with Crippen molar-refractivity contribution in [2.45, 2.75) is 24.5 Å². The molecule has 0 saturated carbocycles. The van der Waals surface area contributed by atoms with Gasteiger partial charge in [0.2, 0.25) is 11.8 Å². The minimum Gasteiger partial charge on any atom is -0.483 e. The summed E-state index contributed by atoms with van der Waals surface area (Å²) in [5, 5.41) is 10.4. The summed E-state index contributed by atoms with van der Waals surface area (Å²) >= 11 is 5.95. The van der Waals surface area contributed by atoms with Crippen molar-refractivity contribution in [1.29, 1.82) is 0 Å². The van der Waals surface area contributed by atoms with Gasteiger partial charge in [-0.3, -0.25) is 14.6 Å². The van der Waals surface area contributed by atoms with Gasteiger partial charge in [-0.25, -0.2) is 4.98 Å². The van der Waals surface area contributed by atoms with Crippen LogP contribution in [0.25, 0.3) is 0 Å². The van der Waals surface area contributed by atoms with E-state index >= 15 is 0 Å². The Morgan fingerprint density at radius 2 is 2.31 bits per heavy atom. The predicted molar refractivity (Wildman–Crippen MR) is 115 cm³/mol. The number of anilines is 1. The molecule has 0 radical (unpaired) electrons. The zero-order valence-corrected chi connectivity index (χ0v) is 18.2. The molecule has 170 valence electrons. The number of rotatable bonds is 5. The van der Waals surface area contributed by atoms with Crippen molar-refractivity contribution < 1.29 is 24.2 Å². The number of pyridine rings is 1. The lowest BCUT2D eigenvalue weighted by Gasteiger charge is -2.29. The van der Waals surface area contributed by atoms with Crippen LogP contribution in [0.15, 0.2) is 30.7 Å². The number of amides is 1. The first-order chi connectivity index (χ1) is 15.5. The highest BCUT2D eigenvalue weighted by atomic mass is 35.5. The fourth-order valence-corrected chi connectivity index (χ4v) is 5.24. The maximum absolute atomic E-state index is 12.5. The summed E-state index contributed by atoms with van der Waals surface area (Å²) in [6.07, 6.45) is 6.98. The van der Waals surface area contributed by atoms with Crippen molar-refractivity contribution in [3.8, 4) is 5.88 Å². The van der Waals surface area contributed by atoms with E-state index in [2.05, 4.69) is 25.2 Å². The number of aromatic nitrogens is 3. The molecule has 10 nitrogen and oxygen atoms in total. The van der Waals surface area contributed by atoms with E-state index in [1.807, 2.05) is 0 Å². The molecular formula is C21H24ClN5O5. The fourth-order valence-electron chi connectivity index (χ4n) is 5.06. The zero-order chi connectivity index (χ0) is 22.7. The summed E-state index contributed by atoms with van der Waals surface area (Å²) < 4.78 is 11.7. The maximum Gasteiger partial charge on any atom is 0.290 e. The van der Waals surface area contributed by atoms with E-state index < -0.39 is 0 Å². The highest BCUT2D eigenvalue weighted by Gasteiger charge is 2.63. The van der Waals surface area contributed by atoms with Crippen molar-refractivity contribution in [3.63, 3.8) is 0 Å². The van der Waals surface area contributed by atoms with Crippen LogP contribution < -0.4 is 15.0 Å². The van der Waals surface area contributed by atoms with Crippen LogP contribution in [-0.4, -0.2) is 70.9 Å². The maximum atomic E-state index is 12.5. The third kappa shape index (κ3) is 4.20. The van der Waals surface area contributed by atoms with Crippen molar-refractivity contribution in [2.24, 2.45) is 11.8 Å². The molecular weight excluding hydrogens is 438 g/mol. The fraction of sp³-hybridized carbons (Fsp3) is 0.476. The van der Waals surface area contributed by atoms with Crippen LogP contribution in [0.5, 0.6) is 5.88 Å². The van der Waals surface area contributed by atoms with E-state index in [-0.39, 0.29) is 30.0 Å². The Balaban J connectivity index is 0.000000775. The quantitative estimate of drug-likeness (QED) is 0.639. The Morgan fingerprint density at radius 3 is 3.06 bits per heavy atom. The Hall–Kier alpha value is -2.98. The van der Waals surface area contributed by atoms with Gasteiger partial charge >= 0.3 is 0 Å². The van der Waals surface area contributed by atoms with Gasteiger partial charge in [-0.2, -0.15) is 4.98 Å². The molecule has 1 spiro atoms. The van der Waals surface area contributed by atoms with Crippen molar-refractivity contribution in [1.82, 2.24) is 20.3 Å². The van der Waals surface area contributed by atoms with Crippen LogP contribution in [0.3, 0.4) is 0 Å². The van der Waals surface area contributed by atoms with Crippen LogP contribution in [0, 0.1) is 11.8 Å². The number of halogens is 1. The highest BCUT2D eigenvalue weighted by Crippen LogP contribution is 2.55. The number of fused-ring (bicyclic) bond motifs is 1. The highest BCUT2D eigenvalue weighted by molar-refractivity contribution is 6.30. The first-order valence-corrected chi connectivity index (χ1v) is 10.6. The average molecular weight is 462 g/mol. The van der Waals surface area contributed by atoms with E-state index in [1.54, 1.807) is 25.4 Å². The van der Waals surface area contributed by atoms with E-state index in [0.29, 0.717) is 34.9 Å². The molecule has 2 aromatic heterocycles. The van der Waals surface area contributed by atoms with Crippen molar-refractivity contribution in [3.05, 3.63) is 41.3 Å². The molecule has 3 aliphatic heterocycles. The van der Waals surface area contributed by atoms with Gasteiger partial charge < -0.3 is 24.8 Å². The Labute approximate surface area is 189 Å². The first kappa shape index (κ1) is 22.2. The lowest BCUT2D eigenvalue weighted by molar-refractivity contribution is -0.122. The van der Waals surface area contributed by atoms with Gasteiger partial charge in [0.1, 0.15) is 0 Å². The van der Waals surface area contributed by atoms with Gasteiger partial charge in [0.05, 0.1) is 35.9 Å². The topological polar surface area (TPSA) is 127 Å². The molecule has 2 aromatic rings. The number of nitrogens with zero attached hydrogens (tertiary/aromatic N) is 4. The number of nitrogens with one attached hydrogen (secondary N) is 1. The lowest BCUT2D eigenvalue weighted by Crippen LogP contribution is -2.41. The molecule has 11 heteroatoms. The monoisotopic (exact) mass is 461 g/mol. The molecule has 4 atom stereocenters. The van der Waals surface area contributed by atoms with Crippen LogP contribution in [0.2, 0.25) is 5.02 Å². The van der Waals surface area contributed by atoms with Crippen LogP contribution >= 0.6 is 11.6 Å². The number of hydrogen-bond donors (Lipinski definition) is 2. The first-order valence-electron chi connectivity index (χ1n) is 10.3. The van der Waals surface area contributed by atoms with Crippen LogP contribution in [-0.2, 0) is 9.53 Å². The lowest BCUT2D eigenvalue weighted by atomic mass is 9.73. The standard InChI is InChI=1S/C20H22ClN5O3.CH2O2/c1-28-17-3-5-23-19(25-17)26-10-15-14(16-2-4-20(15,11-26)29-16)9-24-18(27)12-6-13(21)8-22-7-12;2-1-3/h3,5-8,14-16H,2,4,9-11H2,1H3,(H,24,27);1H,(H,2,3)/t14-,15+,16+,20+;/m0./s1. The summed E-state index contributed by atoms with van der Waals surface area (Å²) in [5.41, 5.74) is 0.290. The van der Waals surface area contributed by atoms with Crippen LogP contribution in [0.1, 0.15) is 23.2 Å². The van der Waals surface area contributed by atoms with Crippen LogP contribution in [0.4, 0.5) is 5.95 Å². The minimum absolute atomic E-state index is 0.164. The molecule has 0 unspecified atom stereocenters. The molecule has 0 aliphatic carbocycles.